The number of carbonyl (C=O) groups is 2. The van der Waals surface area contributed by atoms with E-state index in [1.165, 1.54) is 6.08 Å². The lowest BCUT2D eigenvalue weighted by Gasteiger charge is -2.05. The van der Waals surface area contributed by atoms with Gasteiger partial charge >= 0.3 is 5.97 Å². The topological polar surface area (TPSA) is 55.4 Å². The zero-order valence-corrected chi connectivity index (χ0v) is 11.8. The van der Waals surface area contributed by atoms with E-state index in [0.29, 0.717) is 17.9 Å². The summed E-state index contributed by atoms with van der Waals surface area (Å²) in [6, 6.07) is 6.60. The molecule has 1 rings (SSSR count). The molecule has 0 saturated heterocycles. The SMILES string of the molecule is C/C=C/C=C/C(=O)Nc1ccc(C(=O)OCCC)cc1. The first-order valence-corrected chi connectivity index (χ1v) is 6.55. The van der Waals surface area contributed by atoms with Crippen LogP contribution in [0.2, 0.25) is 0 Å². The Morgan fingerprint density at radius 2 is 1.90 bits per heavy atom. The smallest absolute Gasteiger partial charge is 0.338 e. The molecule has 0 aliphatic heterocycles. The van der Waals surface area contributed by atoms with Crippen LogP contribution in [0.25, 0.3) is 0 Å². The van der Waals surface area contributed by atoms with E-state index < -0.39 is 0 Å². The van der Waals surface area contributed by atoms with Crippen LogP contribution in [0.15, 0.2) is 48.6 Å². The van der Waals surface area contributed by atoms with Gasteiger partial charge in [-0.05, 0) is 37.6 Å². The van der Waals surface area contributed by atoms with E-state index in [2.05, 4.69) is 5.32 Å². The van der Waals surface area contributed by atoms with Crippen molar-refractivity contribution in [2.24, 2.45) is 0 Å². The van der Waals surface area contributed by atoms with Gasteiger partial charge in [0.05, 0.1) is 12.2 Å². The van der Waals surface area contributed by atoms with Gasteiger partial charge in [0.25, 0.3) is 0 Å². The van der Waals surface area contributed by atoms with Crippen molar-refractivity contribution in [3.8, 4) is 0 Å². The molecule has 0 saturated carbocycles. The minimum Gasteiger partial charge on any atom is -0.462 e. The van der Waals surface area contributed by atoms with Gasteiger partial charge in [-0.2, -0.15) is 0 Å². The molecular formula is C16H19NO3. The fraction of sp³-hybridized carbons (Fsp3) is 0.250. The molecule has 1 N–H and O–H groups in total. The molecule has 0 radical (unpaired) electrons. The lowest BCUT2D eigenvalue weighted by atomic mass is 10.2. The summed E-state index contributed by atoms with van der Waals surface area (Å²) < 4.78 is 5.02. The molecule has 0 unspecified atom stereocenters. The number of anilines is 1. The van der Waals surface area contributed by atoms with Crippen molar-refractivity contribution in [2.45, 2.75) is 20.3 Å². The van der Waals surface area contributed by atoms with Crippen molar-refractivity contribution < 1.29 is 14.3 Å². The average Bonchev–Trinajstić information content (AvgIpc) is 2.46. The van der Waals surface area contributed by atoms with Crippen molar-refractivity contribution in [1.29, 1.82) is 0 Å². The number of allylic oxidation sites excluding steroid dienone is 3. The van der Waals surface area contributed by atoms with Crippen molar-refractivity contribution in [2.75, 3.05) is 11.9 Å². The molecule has 20 heavy (non-hydrogen) atoms. The monoisotopic (exact) mass is 273 g/mol. The van der Waals surface area contributed by atoms with Crippen LogP contribution in [0.1, 0.15) is 30.6 Å². The third kappa shape index (κ3) is 5.52. The van der Waals surface area contributed by atoms with Crippen LogP contribution < -0.4 is 5.32 Å². The summed E-state index contributed by atoms with van der Waals surface area (Å²) in [7, 11) is 0. The molecule has 4 heteroatoms. The quantitative estimate of drug-likeness (QED) is 0.491. The van der Waals surface area contributed by atoms with Gasteiger partial charge < -0.3 is 10.1 Å². The third-order valence-corrected chi connectivity index (χ3v) is 2.38. The first-order chi connectivity index (χ1) is 9.67. The Balaban J connectivity index is 2.58. The number of hydrogen-bond acceptors (Lipinski definition) is 3. The molecule has 0 aliphatic rings. The Bertz CT molecular complexity index is 501. The highest BCUT2D eigenvalue weighted by Gasteiger charge is 2.06. The maximum Gasteiger partial charge on any atom is 0.338 e. The van der Waals surface area contributed by atoms with E-state index in [0.717, 1.165) is 6.42 Å². The second-order valence-corrected chi connectivity index (χ2v) is 4.09. The second-order valence-electron chi connectivity index (χ2n) is 4.09. The van der Waals surface area contributed by atoms with Gasteiger partial charge in [0, 0.05) is 11.8 Å². The normalized spacial score (nSPS) is 10.9. The lowest BCUT2D eigenvalue weighted by Crippen LogP contribution is -2.09. The summed E-state index contributed by atoms with van der Waals surface area (Å²) in [6.45, 7) is 4.22. The maximum absolute atomic E-state index is 11.6. The van der Waals surface area contributed by atoms with Crippen molar-refractivity contribution in [1.82, 2.24) is 0 Å². The van der Waals surface area contributed by atoms with Crippen LogP contribution >= 0.6 is 0 Å². The van der Waals surface area contributed by atoms with Gasteiger partial charge in [-0.25, -0.2) is 4.79 Å². The Hall–Kier alpha value is -2.36. The molecule has 0 bridgehead atoms. The zero-order chi connectivity index (χ0) is 14.8. The molecule has 1 amide bonds. The van der Waals surface area contributed by atoms with Crippen LogP contribution in [0, 0.1) is 0 Å². The summed E-state index contributed by atoms with van der Waals surface area (Å²) >= 11 is 0. The second kappa shape index (κ2) is 8.69. The Labute approximate surface area is 119 Å². The van der Waals surface area contributed by atoms with Crippen LogP contribution in [0.5, 0.6) is 0 Å². The van der Waals surface area contributed by atoms with E-state index in [-0.39, 0.29) is 11.9 Å². The van der Waals surface area contributed by atoms with Gasteiger partial charge in [-0.3, -0.25) is 4.79 Å². The van der Waals surface area contributed by atoms with E-state index in [1.54, 1.807) is 36.4 Å². The lowest BCUT2D eigenvalue weighted by molar-refractivity contribution is -0.111. The van der Waals surface area contributed by atoms with Gasteiger partial charge in [0.15, 0.2) is 0 Å². The number of benzene rings is 1. The minimum absolute atomic E-state index is 0.218. The first kappa shape index (κ1) is 15.7. The molecule has 0 atom stereocenters. The van der Waals surface area contributed by atoms with Crippen molar-refractivity contribution >= 4 is 17.6 Å². The number of carbonyl (C=O) groups excluding carboxylic acids is 2. The van der Waals surface area contributed by atoms with Crippen LogP contribution in [0.4, 0.5) is 5.69 Å². The van der Waals surface area contributed by atoms with Crippen LogP contribution in [0.3, 0.4) is 0 Å². The number of rotatable bonds is 6. The van der Waals surface area contributed by atoms with E-state index in [9.17, 15) is 9.59 Å². The molecule has 0 aliphatic carbocycles. The first-order valence-electron chi connectivity index (χ1n) is 6.55. The van der Waals surface area contributed by atoms with Crippen molar-refractivity contribution in [3.63, 3.8) is 0 Å². The van der Waals surface area contributed by atoms with E-state index in [1.807, 2.05) is 19.9 Å². The highest BCUT2D eigenvalue weighted by molar-refractivity contribution is 5.99. The average molecular weight is 273 g/mol. The number of hydrogen-bond donors (Lipinski definition) is 1. The van der Waals surface area contributed by atoms with Gasteiger partial charge in [0.1, 0.15) is 0 Å². The number of esters is 1. The van der Waals surface area contributed by atoms with Gasteiger partial charge in [-0.15, -0.1) is 0 Å². The molecule has 0 spiro atoms. The summed E-state index contributed by atoms with van der Waals surface area (Å²) in [5.74, 6) is -0.567. The molecule has 1 aromatic rings. The largest absolute Gasteiger partial charge is 0.462 e. The predicted octanol–water partition coefficient (Wildman–Crippen LogP) is 3.32. The van der Waals surface area contributed by atoms with E-state index >= 15 is 0 Å². The van der Waals surface area contributed by atoms with Crippen LogP contribution in [-0.2, 0) is 9.53 Å². The standard InChI is InChI=1S/C16H19NO3/c1-3-5-6-7-15(18)17-14-10-8-13(9-11-14)16(19)20-12-4-2/h3,5-11H,4,12H2,1-2H3,(H,17,18)/b5-3+,7-6+. The molecule has 0 heterocycles. The zero-order valence-electron chi connectivity index (χ0n) is 11.8. The predicted molar refractivity (Wildman–Crippen MR) is 79.6 cm³/mol. The summed E-state index contributed by atoms with van der Waals surface area (Å²) in [5, 5.41) is 2.70. The maximum atomic E-state index is 11.6. The summed E-state index contributed by atoms with van der Waals surface area (Å²) in [6.07, 6.45) is 7.49. The Morgan fingerprint density at radius 1 is 1.20 bits per heavy atom. The van der Waals surface area contributed by atoms with Crippen LogP contribution in [-0.4, -0.2) is 18.5 Å². The highest BCUT2D eigenvalue weighted by atomic mass is 16.5. The fourth-order valence-corrected chi connectivity index (χ4v) is 1.41. The molecule has 1 aromatic carbocycles. The molecule has 0 aromatic heterocycles. The number of ether oxygens (including phenoxy) is 1. The van der Waals surface area contributed by atoms with E-state index in [4.69, 9.17) is 4.74 Å². The minimum atomic E-state index is -0.349. The van der Waals surface area contributed by atoms with Crippen molar-refractivity contribution in [3.05, 3.63) is 54.1 Å². The summed E-state index contributed by atoms with van der Waals surface area (Å²) in [4.78, 5) is 23.1. The molecule has 106 valence electrons. The number of amides is 1. The Morgan fingerprint density at radius 3 is 2.50 bits per heavy atom. The Kier molecular flexibility index (Phi) is 6.82. The highest BCUT2D eigenvalue weighted by Crippen LogP contribution is 2.10. The fourth-order valence-electron chi connectivity index (χ4n) is 1.41. The third-order valence-electron chi connectivity index (χ3n) is 2.38. The molecular weight excluding hydrogens is 254 g/mol. The number of nitrogens with one attached hydrogen (secondary N) is 1. The molecule has 0 fully saturated rings. The summed E-state index contributed by atoms with van der Waals surface area (Å²) in [5.41, 5.74) is 1.10. The van der Waals surface area contributed by atoms with Gasteiger partial charge in [-0.1, -0.05) is 25.2 Å². The van der Waals surface area contributed by atoms with Gasteiger partial charge in [0.2, 0.25) is 5.91 Å². The molecule has 4 nitrogen and oxygen atoms in total.